The van der Waals surface area contributed by atoms with Crippen LogP contribution in [0.3, 0.4) is 0 Å². The van der Waals surface area contributed by atoms with Gasteiger partial charge in [0.2, 0.25) is 0 Å². The first-order valence-corrected chi connectivity index (χ1v) is 11.1. The molecule has 7 nitrogen and oxygen atoms in total. The highest BCUT2D eigenvalue weighted by Gasteiger charge is 2.43. The minimum absolute atomic E-state index is 0.0781. The van der Waals surface area contributed by atoms with Crippen molar-refractivity contribution in [2.45, 2.75) is 71.1 Å². The molecule has 170 valence electrons. The molecular weight excluding hydrogens is 399 g/mol. The summed E-state index contributed by atoms with van der Waals surface area (Å²) in [4.78, 5) is 32.1. The first-order valence-electron chi connectivity index (χ1n) is 11.1. The maximum Gasteiger partial charge on any atom is 0.410 e. The number of nitrogens with one attached hydrogen (secondary N) is 1. The molecule has 4 rings (SSSR count). The number of benzene rings is 1. The quantitative estimate of drug-likeness (QED) is 0.783. The molecule has 1 unspecified atom stereocenters. The van der Waals surface area contributed by atoms with E-state index in [-0.39, 0.29) is 29.2 Å². The molecule has 8 heteroatoms. The zero-order chi connectivity index (χ0) is 22.6. The zero-order valence-corrected chi connectivity index (χ0v) is 19.1. The molecule has 2 aromatic rings. The number of rotatable bonds is 2. The molecule has 2 aliphatic heterocycles. The summed E-state index contributed by atoms with van der Waals surface area (Å²) in [6.45, 7) is 12.6. The van der Waals surface area contributed by atoms with E-state index in [2.05, 4.69) is 16.8 Å². The minimum Gasteiger partial charge on any atom is -0.444 e. The van der Waals surface area contributed by atoms with Gasteiger partial charge in [0.05, 0.1) is 11.0 Å². The van der Waals surface area contributed by atoms with Crippen molar-refractivity contribution in [1.82, 2.24) is 19.4 Å². The molecule has 1 N–H and O–H groups in total. The lowest BCUT2D eigenvalue weighted by molar-refractivity contribution is 0.0221. The second kappa shape index (κ2) is 7.65. The van der Waals surface area contributed by atoms with Gasteiger partial charge in [-0.05, 0) is 71.6 Å². The highest BCUT2D eigenvalue weighted by atomic mass is 19.1. The SMILES string of the molecule is Cc1cc2c(cc1F)[nH]c(=O)n2C1CCN(C2(C)CCN(C(=O)OC(C)(C)C)C2)CC1. The summed E-state index contributed by atoms with van der Waals surface area (Å²) in [6.07, 6.45) is 2.33. The van der Waals surface area contributed by atoms with Crippen LogP contribution in [0.5, 0.6) is 0 Å². The van der Waals surface area contributed by atoms with Crippen molar-refractivity contribution in [3.8, 4) is 0 Å². The van der Waals surface area contributed by atoms with Crippen molar-refractivity contribution in [3.63, 3.8) is 0 Å². The number of piperidine rings is 1. The van der Waals surface area contributed by atoms with Crippen LogP contribution in [0, 0.1) is 12.7 Å². The van der Waals surface area contributed by atoms with E-state index < -0.39 is 5.60 Å². The van der Waals surface area contributed by atoms with Gasteiger partial charge in [0, 0.05) is 37.8 Å². The van der Waals surface area contributed by atoms with E-state index in [1.54, 1.807) is 22.5 Å². The fraction of sp³-hybridized carbons (Fsp3) is 0.652. The number of H-pyrrole nitrogens is 1. The number of carbonyl (C=O) groups excluding carboxylic acids is 1. The summed E-state index contributed by atoms with van der Waals surface area (Å²) in [5.41, 5.74) is 1.09. The van der Waals surface area contributed by atoms with Crippen LogP contribution in [0.2, 0.25) is 0 Å². The van der Waals surface area contributed by atoms with Gasteiger partial charge in [-0.3, -0.25) is 9.47 Å². The highest BCUT2D eigenvalue weighted by Crippen LogP contribution is 2.34. The number of ether oxygens (including phenoxy) is 1. The van der Waals surface area contributed by atoms with E-state index in [4.69, 9.17) is 4.74 Å². The van der Waals surface area contributed by atoms with Crippen molar-refractivity contribution >= 4 is 17.1 Å². The van der Waals surface area contributed by atoms with Crippen molar-refractivity contribution in [2.75, 3.05) is 26.2 Å². The molecule has 0 spiro atoms. The molecule has 2 aliphatic rings. The molecule has 1 aromatic heterocycles. The Hall–Kier alpha value is -2.35. The number of likely N-dealkylation sites (tertiary alicyclic amines) is 2. The number of hydrogen-bond acceptors (Lipinski definition) is 4. The molecule has 31 heavy (non-hydrogen) atoms. The Bertz CT molecular complexity index is 1050. The normalized spacial score (nSPS) is 23.6. The lowest BCUT2D eigenvalue weighted by atomic mass is 9.93. The van der Waals surface area contributed by atoms with E-state index >= 15 is 0 Å². The molecule has 1 aromatic carbocycles. The molecule has 0 bridgehead atoms. The smallest absolute Gasteiger partial charge is 0.410 e. The lowest BCUT2D eigenvalue weighted by Gasteiger charge is -2.43. The van der Waals surface area contributed by atoms with Gasteiger partial charge in [-0.1, -0.05) is 0 Å². The molecule has 0 aliphatic carbocycles. The van der Waals surface area contributed by atoms with Gasteiger partial charge in [0.1, 0.15) is 11.4 Å². The summed E-state index contributed by atoms with van der Waals surface area (Å²) in [5.74, 6) is -0.306. The van der Waals surface area contributed by atoms with Crippen LogP contribution < -0.4 is 5.69 Å². The van der Waals surface area contributed by atoms with Gasteiger partial charge < -0.3 is 14.6 Å². The summed E-state index contributed by atoms with van der Waals surface area (Å²) in [7, 11) is 0. The fourth-order valence-corrected chi connectivity index (χ4v) is 4.96. The van der Waals surface area contributed by atoms with Crippen LogP contribution in [-0.2, 0) is 4.74 Å². The maximum atomic E-state index is 13.9. The van der Waals surface area contributed by atoms with Gasteiger partial charge in [0.25, 0.3) is 0 Å². The van der Waals surface area contributed by atoms with Crippen LogP contribution in [0.1, 0.15) is 58.6 Å². The summed E-state index contributed by atoms with van der Waals surface area (Å²) >= 11 is 0. The molecule has 0 radical (unpaired) electrons. The predicted octanol–water partition coefficient (Wildman–Crippen LogP) is 3.81. The second-order valence-corrected chi connectivity index (χ2v) is 10.3. The van der Waals surface area contributed by atoms with Crippen LogP contribution in [0.25, 0.3) is 11.0 Å². The number of aromatic amines is 1. The molecule has 2 fully saturated rings. The molecule has 1 atom stereocenters. The van der Waals surface area contributed by atoms with Crippen LogP contribution in [-0.4, -0.2) is 62.8 Å². The maximum absolute atomic E-state index is 13.9. The standard InChI is InChI=1S/C23H33FN4O3/c1-15-12-19-18(13-17(15)24)25-20(29)28(19)16-6-9-27(10-7-16)23(5)8-11-26(14-23)21(30)31-22(2,3)4/h12-13,16H,6-11,14H2,1-5H3,(H,25,29). The summed E-state index contributed by atoms with van der Waals surface area (Å²) in [5, 5.41) is 0. The first kappa shape index (κ1) is 21.9. The summed E-state index contributed by atoms with van der Waals surface area (Å²) < 4.78 is 21.2. The van der Waals surface area contributed by atoms with Gasteiger partial charge in [-0.15, -0.1) is 0 Å². The number of imidazole rings is 1. The molecule has 1 amide bonds. The number of fused-ring (bicyclic) bond motifs is 1. The fourth-order valence-electron chi connectivity index (χ4n) is 4.96. The number of nitrogens with zero attached hydrogens (tertiary/aromatic N) is 3. The Morgan fingerprint density at radius 1 is 1.23 bits per heavy atom. The third-order valence-electron chi connectivity index (χ3n) is 6.69. The Morgan fingerprint density at radius 3 is 2.55 bits per heavy atom. The van der Waals surface area contributed by atoms with E-state index in [9.17, 15) is 14.0 Å². The van der Waals surface area contributed by atoms with Gasteiger partial charge in [0.15, 0.2) is 0 Å². The van der Waals surface area contributed by atoms with E-state index in [0.29, 0.717) is 24.2 Å². The zero-order valence-electron chi connectivity index (χ0n) is 19.1. The van der Waals surface area contributed by atoms with Crippen LogP contribution in [0.15, 0.2) is 16.9 Å². The number of hydrogen-bond donors (Lipinski definition) is 1. The van der Waals surface area contributed by atoms with Gasteiger partial charge >= 0.3 is 11.8 Å². The second-order valence-electron chi connectivity index (χ2n) is 10.3. The van der Waals surface area contributed by atoms with Gasteiger partial charge in [-0.25, -0.2) is 14.0 Å². The minimum atomic E-state index is -0.498. The lowest BCUT2D eigenvalue weighted by Crippen LogP contribution is -2.52. The first-order chi connectivity index (χ1) is 14.5. The Labute approximate surface area is 182 Å². The molecule has 2 saturated heterocycles. The average molecular weight is 433 g/mol. The average Bonchev–Trinajstić information content (AvgIpc) is 3.22. The molecule has 3 heterocycles. The van der Waals surface area contributed by atoms with Crippen molar-refractivity contribution in [1.29, 1.82) is 0 Å². The predicted molar refractivity (Wildman–Crippen MR) is 118 cm³/mol. The molecular formula is C23H33FN4O3. The number of aromatic nitrogens is 2. The highest BCUT2D eigenvalue weighted by molar-refractivity contribution is 5.76. The van der Waals surface area contributed by atoms with Crippen molar-refractivity contribution in [2.24, 2.45) is 0 Å². The number of carbonyl (C=O) groups is 1. The number of halogens is 1. The Morgan fingerprint density at radius 2 is 1.90 bits per heavy atom. The summed E-state index contributed by atoms with van der Waals surface area (Å²) in [6, 6.07) is 3.24. The Kier molecular flexibility index (Phi) is 5.40. The molecule has 0 saturated carbocycles. The van der Waals surface area contributed by atoms with Gasteiger partial charge in [-0.2, -0.15) is 0 Å². The van der Waals surface area contributed by atoms with Crippen LogP contribution in [0.4, 0.5) is 9.18 Å². The Balaban J connectivity index is 1.44. The number of aryl methyl sites for hydroxylation is 1. The van der Waals surface area contributed by atoms with E-state index in [1.807, 2.05) is 20.8 Å². The van der Waals surface area contributed by atoms with E-state index in [1.165, 1.54) is 6.07 Å². The monoisotopic (exact) mass is 432 g/mol. The largest absolute Gasteiger partial charge is 0.444 e. The van der Waals surface area contributed by atoms with Crippen molar-refractivity contribution in [3.05, 3.63) is 34.0 Å². The van der Waals surface area contributed by atoms with E-state index in [0.717, 1.165) is 37.9 Å². The third kappa shape index (κ3) is 4.22. The van der Waals surface area contributed by atoms with Crippen LogP contribution >= 0.6 is 0 Å². The number of amides is 1. The third-order valence-corrected chi connectivity index (χ3v) is 6.69. The topological polar surface area (TPSA) is 70.6 Å². The van der Waals surface area contributed by atoms with Crippen molar-refractivity contribution < 1.29 is 13.9 Å².